The lowest BCUT2D eigenvalue weighted by molar-refractivity contribution is 0.391. The number of para-hydroxylation sites is 1. The zero-order chi connectivity index (χ0) is 25.2. The molecule has 1 aromatic carbocycles. The number of halogens is 1. The Balaban J connectivity index is 1.79. The summed E-state index contributed by atoms with van der Waals surface area (Å²) < 4.78 is 56.1. The van der Waals surface area contributed by atoms with Crippen LogP contribution in [-0.2, 0) is 23.5 Å². The molecule has 0 spiro atoms. The fourth-order valence-electron chi connectivity index (χ4n) is 3.35. The summed E-state index contributed by atoms with van der Waals surface area (Å²) in [5.41, 5.74) is 0.835. The highest BCUT2D eigenvalue weighted by Crippen LogP contribution is 2.37. The predicted octanol–water partition coefficient (Wildman–Crippen LogP) is 1.99. The Bertz CT molecular complexity index is 1410. The van der Waals surface area contributed by atoms with Gasteiger partial charge in [0, 0.05) is 19.7 Å². The van der Waals surface area contributed by atoms with Crippen LogP contribution >= 0.6 is 0 Å². The van der Waals surface area contributed by atoms with Crippen molar-refractivity contribution in [3.8, 4) is 28.7 Å². The third-order valence-electron chi connectivity index (χ3n) is 5.14. The number of nitrogens with zero attached hydrogens (tertiary/aromatic N) is 7. The van der Waals surface area contributed by atoms with Crippen molar-refractivity contribution in [1.29, 1.82) is 0 Å². The Morgan fingerprint density at radius 3 is 2.31 bits per heavy atom. The first-order valence-electron chi connectivity index (χ1n) is 10.4. The minimum Gasteiger partial charge on any atom is -0.494 e. The highest BCUT2D eigenvalue weighted by molar-refractivity contribution is 7.93. The van der Waals surface area contributed by atoms with Crippen LogP contribution in [0.3, 0.4) is 0 Å². The largest absolute Gasteiger partial charge is 0.494 e. The van der Waals surface area contributed by atoms with E-state index in [1.54, 1.807) is 42.2 Å². The Kier molecular flexibility index (Phi) is 6.64. The lowest BCUT2D eigenvalue weighted by Crippen LogP contribution is -2.29. The zero-order valence-electron chi connectivity index (χ0n) is 19.4. The summed E-state index contributed by atoms with van der Waals surface area (Å²) in [6.07, 6.45) is 3.65. The van der Waals surface area contributed by atoms with Crippen LogP contribution < -0.4 is 14.2 Å². The van der Waals surface area contributed by atoms with E-state index in [4.69, 9.17) is 9.47 Å². The third kappa shape index (κ3) is 4.91. The van der Waals surface area contributed by atoms with Crippen molar-refractivity contribution in [1.82, 2.24) is 34.5 Å². The Morgan fingerprint density at radius 2 is 1.74 bits per heavy atom. The number of rotatable bonds is 9. The normalized spacial score (nSPS) is 12.4. The Hall–Kier alpha value is -4.07. The van der Waals surface area contributed by atoms with Crippen LogP contribution in [0, 0.1) is 5.82 Å². The van der Waals surface area contributed by atoms with Crippen LogP contribution in [0.2, 0.25) is 0 Å². The summed E-state index contributed by atoms with van der Waals surface area (Å²) >= 11 is 0. The zero-order valence-corrected chi connectivity index (χ0v) is 20.2. The maximum atomic E-state index is 13.2. The number of anilines is 1. The molecule has 184 valence electrons. The number of nitrogens with one attached hydrogen (secondary N) is 1. The summed E-state index contributed by atoms with van der Waals surface area (Å²) in [7, 11) is 0.705. The highest BCUT2D eigenvalue weighted by atomic mass is 32.2. The molecule has 3 heterocycles. The van der Waals surface area contributed by atoms with E-state index in [1.165, 1.54) is 25.7 Å². The molecule has 0 amide bonds. The average Bonchev–Trinajstić information content (AvgIpc) is 3.45. The second-order valence-electron chi connectivity index (χ2n) is 7.55. The van der Waals surface area contributed by atoms with Gasteiger partial charge in [0.25, 0.3) is 0 Å². The van der Waals surface area contributed by atoms with Crippen molar-refractivity contribution < 1.29 is 22.3 Å². The maximum Gasteiger partial charge on any atom is 0.243 e. The molecule has 0 radical (unpaired) electrons. The number of sulfonamides is 1. The van der Waals surface area contributed by atoms with E-state index < -0.39 is 21.1 Å². The number of ether oxygens (including phenoxy) is 2. The maximum absolute atomic E-state index is 13.2. The molecule has 0 saturated heterocycles. The van der Waals surface area contributed by atoms with Gasteiger partial charge in [-0.05, 0) is 25.1 Å². The SMILES string of the molecule is COc1cccc(OC)c1-n1c(NS(=O)(=O)[C@@H](C)Cc2ncc(F)cn2)nnc1-c1ccn(C)n1. The molecule has 35 heavy (non-hydrogen) atoms. The van der Waals surface area contributed by atoms with Gasteiger partial charge in [-0.25, -0.2) is 22.8 Å². The van der Waals surface area contributed by atoms with Gasteiger partial charge >= 0.3 is 0 Å². The second-order valence-corrected chi connectivity index (χ2v) is 9.65. The molecule has 12 nitrogen and oxygen atoms in total. The fourth-order valence-corrected chi connectivity index (χ4v) is 4.31. The van der Waals surface area contributed by atoms with Crippen molar-refractivity contribution in [3.05, 3.63) is 54.5 Å². The Labute approximate surface area is 200 Å². The molecule has 1 N–H and O–H groups in total. The quantitative estimate of drug-likeness (QED) is 0.364. The van der Waals surface area contributed by atoms with E-state index in [-0.39, 0.29) is 24.0 Å². The van der Waals surface area contributed by atoms with Crippen molar-refractivity contribution in [3.63, 3.8) is 0 Å². The van der Waals surface area contributed by atoms with Gasteiger partial charge in [0.05, 0.1) is 31.9 Å². The van der Waals surface area contributed by atoms with Gasteiger partial charge < -0.3 is 9.47 Å². The number of methoxy groups -OCH3 is 2. The van der Waals surface area contributed by atoms with Crippen LogP contribution in [-0.4, -0.2) is 62.4 Å². The number of hydrogen-bond donors (Lipinski definition) is 1. The van der Waals surface area contributed by atoms with Gasteiger partial charge in [0.15, 0.2) is 11.6 Å². The first-order chi connectivity index (χ1) is 16.7. The van der Waals surface area contributed by atoms with E-state index in [0.717, 1.165) is 12.4 Å². The van der Waals surface area contributed by atoms with Crippen molar-refractivity contribution in [2.24, 2.45) is 7.05 Å². The molecule has 3 aromatic heterocycles. The standard InChI is InChI=1S/C21H23FN8O4S/c1-13(10-18-23-11-14(22)12-24-18)35(31,32)28-21-26-25-20(15-8-9-29(2)27-15)30(21)19-16(33-3)6-5-7-17(19)34-4/h5-9,11-13H,10H2,1-4H3,(H,26,28)/t13-/m0/s1. The van der Waals surface area contributed by atoms with E-state index in [9.17, 15) is 12.8 Å². The molecule has 14 heteroatoms. The molecule has 0 unspecified atom stereocenters. The molecule has 4 aromatic rings. The molecule has 0 fully saturated rings. The molecular weight excluding hydrogens is 479 g/mol. The van der Waals surface area contributed by atoms with Gasteiger partial charge in [-0.2, -0.15) is 5.10 Å². The third-order valence-corrected chi connectivity index (χ3v) is 6.83. The van der Waals surface area contributed by atoms with Crippen LogP contribution in [0.1, 0.15) is 12.7 Å². The van der Waals surface area contributed by atoms with Crippen molar-refractivity contribution in [2.75, 3.05) is 18.9 Å². The molecule has 0 bridgehead atoms. The van der Waals surface area contributed by atoms with Crippen molar-refractivity contribution >= 4 is 16.0 Å². The molecular formula is C21H23FN8O4S. The molecule has 1 atom stereocenters. The monoisotopic (exact) mass is 502 g/mol. The minimum absolute atomic E-state index is 0.0468. The number of benzene rings is 1. The van der Waals surface area contributed by atoms with E-state index in [0.29, 0.717) is 22.9 Å². The molecule has 4 rings (SSSR count). The summed E-state index contributed by atoms with van der Waals surface area (Å²) in [4.78, 5) is 7.68. The van der Waals surface area contributed by atoms with Gasteiger partial charge in [0.1, 0.15) is 28.7 Å². The first kappa shape index (κ1) is 24.1. The van der Waals surface area contributed by atoms with Crippen molar-refractivity contribution in [2.45, 2.75) is 18.6 Å². The van der Waals surface area contributed by atoms with Gasteiger partial charge in [-0.1, -0.05) is 6.07 Å². The van der Waals surface area contributed by atoms with E-state index in [1.807, 2.05) is 0 Å². The number of hydrogen-bond acceptors (Lipinski definition) is 9. The van der Waals surface area contributed by atoms with Crippen LogP contribution in [0.4, 0.5) is 10.3 Å². The van der Waals surface area contributed by atoms with E-state index >= 15 is 0 Å². The van der Waals surface area contributed by atoms with Crippen LogP contribution in [0.15, 0.2) is 42.9 Å². The molecule has 0 aliphatic carbocycles. The topological polar surface area (TPSA) is 139 Å². The summed E-state index contributed by atoms with van der Waals surface area (Å²) in [5.74, 6) is 0.541. The molecule has 0 saturated carbocycles. The minimum atomic E-state index is -4.01. The second kappa shape index (κ2) is 9.66. The highest BCUT2D eigenvalue weighted by Gasteiger charge is 2.29. The summed E-state index contributed by atoms with van der Waals surface area (Å²) in [6, 6.07) is 6.86. The number of aromatic nitrogens is 7. The van der Waals surface area contributed by atoms with Gasteiger partial charge in [-0.3, -0.25) is 14.0 Å². The molecule has 0 aliphatic rings. The summed E-state index contributed by atoms with van der Waals surface area (Å²) in [5, 5.41) is 11.7. The lowest BCUT2D eigenvalue weighted by Gasteiger charge is -2.18. The van der Waals surface area contributed by atoms with Gasteiger partial charge in [-0.15, -0.1) is 10.2 Å². The molecule has 0 aliphatic heterocycles. The van der Waals surface area contributed by atoms with Crippen LogP contribution in [0.5, 0.6) is 11.5 Å². The van der Waals surface area contributed by atoms with E-state index in [2.05, 4.69) is 30.0 Å². The fraction of sp³-hybridized carbons (Fsp3) is 0.286. The first-order valence-corrected chi connectivity index (χ1v) is 11.9. The number of aryl methyl sites for hydroxylation is 1. The Morgan fingerprint density at radius 1 is 1.09 bits per heavy atom. The smallest absolute Gasteiger partial charge is 0.243 e. The van der Waals surface area contributed by atoms with Crippen LogP contribution in [0.25, 0.3) is 17.2 Å². The summed E-state index contributed by atoms with van der Waals surface area (Å²) in [6.45, 7) is 1.49. The lowest BCUT2D eigenvalue weighted by atomic mass is 10.2. The van der Waals surface area contributed by atoms with Gasteiger partial charge in [0.2, 0.25) is 16.0 Å². The predicted molar refractivity (Wildman–Crippen MR) is 124 cm³/mol. The average molecular weight is 503 g/mol.